The van der Waals surface area contributed by atoms with Gasteiger partial charge in [-0.05, 0) is 30.5 Å². The van der Waals surface area contributed by atoms with Crippen LogP contribution in [0.5, 0.6) is 0 Å². The molecule has 1 aromatic rings. The first-order chi connectivity index (χ1) is 7.09. The summed E-state index contributed by atoms with van der Waals surface area (Å²) in [6, 6.07) is 7.76. The molecule has 0 aliphatic rings. The Morgan fingerprint density at radius 1 is 1.40 bits per heavy atom. The van der Waals surface area contributed by atoms with E-state index in [1.807, 2.05) is 24.3 Å². The summed E-state index contributed by atoms with van der Waals surface area (Å²) in [5.41, 5.74) is 1.03. The van der Waals surface area contributed by atoms with Gasteiger partial charge in [0.1, 0.15) is 0 Å². The highest BCUT2D eigenvalue weighted by molar-refractivity contribution is 9.10. The average molecular weight is 292 g/mol. The Bertz CT molecular complexity index is 324. The van der Waals surface area contributed by atoms with Crippen LogP contribution in [0.1, 0.15) is 30.2 Å². The zero-order chi connectivity index (χ0) is 11.3. The lowest BCUT2D eigenvalue weighted by Crippen LogP contribution is -1.96. The van der Waals surface area contributed by atoms with E-state index in [4.69, 9.17) is 16.7 Å². The number of aliphatic carboxylic acids is 1. The minimum absolute atomic E-state index is 0.0996. The second-order valence-electron chi connectivity index (χ2n) is 3.31. The van der Waals surface area contributed by atoms with Crippen LogP contribution >= 0.6 is 27.5 Å². The van der Waals surface area contributed by atoms with Crippen molar-refractivity contribution in [3.63, 3.8) is 0 Å². The van der Waals surface area contributed by atoms with Crippen LogP contribution in [0.15, 0.2) is 28.7 Å². The van der Waals surface area contributed by atoms with Crippen LogP contribution in [-0.2, 0) is 4.79 Å². The van der Waals surface area contributed by atoms with Crippen molar-refractivity contribution in [3.05, 3.63) is 34.3 Å². The molecule has 0 aliphatic heterocycles. The number of hydrogen-bond acceptors (Lipinski definition) is 1. The third kappa shape index (κ3) is 4.67. The topological polar surface area (TPSA) is 37.3 Å². The van der Waals surface area contributed by atoms with Gasteiger partial charge in [-0.25, -0.2) is 0 Å². The van der Waals surface area contributed by atoms with Crippen molar-refractivity contribution in [2.24, 2.45) is 0 Å². The average Bonchev–Trinajstić information content (AvgIpc) is 2.18. The van der Waals surface area contributed by atoms with Gasteiger partial charge in [0, 0.05) is 10.9 Å². The van der Waals surface area contributed by atoms with E-state index >= 15 is 0 Å². The summed E-state index contributed by atoms with van der Waals surface area (Å²) < 4.78 is 1.01. The van der Waals surface area contributed by atoms with E-state index < -0.39 is 5.97 Å². The van der Waals surface area contributed by atoms with Crippen molar-refractivity contribution in [3.8, 4) is 0 Å². The van der Waals surface area contributed by atoms with E-state index in [0.717, 1.165) is 10.0 Å². The molecule has 1 rings (SSSR count). The minimum Gasteiger partial charge on any atom is -0.481 e. The summed E-state index contributed by atoms with van der Waals surface area (Å²) in [5.74, 6) is -0.769. The summed E-state index contributed by atoms with van der Waals surface area (Å²) in [6.07, 6.45) is 1.48. The molecule has 82 valence electrons. The van der Waals surface area contributed by atoms with E-state index in [0.29, 0.717) is 12.8 Å². The Hall–Kier alpha value is -0.540. The third-order valence-electron chi connectivity index (χ3n) is 2.08. The highest BCUT2D eigenvalue weighted by Gasteiger charge is 2.08. The molecule has 0 saturated heterocycles. The number of halogens is 2. The maximum Gasteiger partial charge on any atom is 0.303 e. The highest BCUT2D eigenvalue weighted by Crippen LogP contribution is 2.27. The molecule has 0 aliphatic carbocycles. The molecule has 1 unspecified atom stereocenters. The van der Waals surface area contributed by atoms with Crippen molar-refractivity contribution in [1.29, 1.82) is 0 Å². The molecule has 0 heterocycles. The standard InChI is InChI=1S/C11H12BrClO2/c12-9-6-4-8(5-7-9)10(13)2-1-3-11(14)15/h4-7,10H,1-3H2,(H,14,15). The normalized spacial score (nSPS) is 12.4. The molecule has 2 nitrogen and oxygen atoms in total. The zero-order valence-corrected chi connectivity index (χ0v) is 10.5. The molecular weight excluding hydrogens is 279 g/mol. The smallest absolute Gasteiger partial charge is 0.303 e. The van der Waals surface area contributed by atoms with E-state index in [-0.39, 0.29) is 11.8 Å². The molecule has 4 heteroatoms. The van der Waals surface area contributed by atoms with E-state index in [2.05, 4.69) is 15.9 Å². The molecule has 0 saturated carbocycles. The van der Waals surface area contributed by atoms with Crippen LogP contribution < -0.4 is 0 Å². The first kappa shape index (κ1) is 12.5. The summed E-state index contributed by atoms with van der Waals surface area (Å²) >= 11 is 9.48. The number of carboxylic acids is 1. The van der Waals surface area contributed by atoms with Gasteiger partial charge in [0.25, 0.3) is 0 Å². The van der Waals surface area contributed by atoms with Gasteiger partial charge in [0.05, 0.1) is 5.38 Å². The molecule has 0 radical (unpaired) electrons. The van der Waals surface area contributed by atoms with Crippen molar-refractivity contribution < 1.29 is 9.90 Å². The van der Waals surface area contributed by atoms with Crippen LogP contribution in [0.25, 0.3) is 0 Å². The Balaban J connectivity index is 2.43. The van der Waals surface area contributed by atoms with Crippen LogP contribution in [0.4, 0.5) is 0 Å². The fourth-order valence-corrected chi connectivity index (χ4v) is 1.83. The molecule has 0 fully saturated rings. The Kier molecular flexibility index (Phi) is 5.12. The molecular formula is C11H12BrClO2. The first-order valence-electron chi connectivity index (χ1n) is 4.71. The Morgan fingerprint density at radius 2 is 2.00 bits per heavy atom. The maximum atomic E-state index is 10.3. The molecule has 1 atom stereocenters. The molecule has 1 aromatic carbocycles. The van der Waals surface area contributed by atoms with E-state index in [1.54, 1.807) is 0 Å². The number of rotatable bonds is 5. The van der Waals surface area contributed by atoms with Crippen LogP contribution in [-0.4, -0.2) is 11.1 Å². The lowest BCUT2D eigenvalue weighted by Gasteiger charge is -2.08. The maximum absolute atomic E-state index is 10.3. The van der Waals surface area contributed by atoms with Gasteiger partial charge in [-0.3, -0.25) is 4.79 Å². The Labute approximate surface area is 102 Å². The van der Waals surface area contributed by atoms with Crippen LogP contribution in [0.2, 0.25) is 0 Å². The number of carboxylic acid groups (broad SMARTS) is 1. The van der Waals surface area contributed by atoms with Crippen LogP contribution in [0, 0.1) is 0 Å². The molecule has 15 heavy (non-hydrogen) atoms. The predicted octanol–water partition coefficient (Wildman–Crippen LogP) is 3.98. The van der Waals surface area contributed by atoms with Crippen molar-refractivity contribution in [2.45, 2.75) is 24.6 Å². The molecule has 0 aromatic heterocycles. The van der Waals surface area contributed by atoms with Crippen molar-refractivity contribution in [2.75, 3.05) is 0 Å². The summed E-state index contributed by atoms with van der Waals surface area (Å²) in [6.45, 7) is 0. The molecule has 0 bridgehead atoms. The summed E-state index contributed by atoms with van der Waals surface area (Å²) in [4.78, 5) is 10.3. The number of hydrogen-bond donors (Lipinski definition) is 1. The highest BCUT2D eigenvalue weighted by atomic mass is 79.9. The van der Waals surface area contributed by atoms with Gasteiger partial charge in [-0.1, -0.05) is 28.1 Å². The lowest BCUT2D eigenvalue weighted by molar-refractivity contribution is -0.137. The largest absolute Gasteiger partial charge is 0.481 e. The number of alkyl halides is 1. The summed E-state index contributed by atoms with van der Waals surface area (Å²) in [5, 5.41) is 8.38. The monoisotopic (exact) mass is 290 g/mol. The molecule has 1 N–H and O–H groups in total. The van der Waals surface area contributed by atoms with Crippen molar-refractivity contribution in [1.82, 2.24) is 0 Å². The Morgan fingerprint density at radius 3 is 2.53 bits per heavy atom. The minimum atomic E-state index is -0.769. The second kappa shape index (κ2) is 6.13. The van der Waals surface area contributed by atoms with Gasteiger partial charge in [-0.2, -0.15) is 0 Å². The van der Waals surface area contributed by atoms with Crippen LogP contribution in [0.3, 0.4) is 0 Å². The SMILES string of the molecule is O=C(O)CCCC(Cl)c1ccc(Br)cc1. The third-order valence-corrected chi connectivity index (χ3v) is 3.08. The van der Waals surface area contributed by atoms with Gasteiger partial charge < -0.3 is 5.11 Å². The van der Waals surface area contributed by atoms with E-state index in [9.17, 15) is 4.79 Å². The predicted molar refractivity (Wildman–Crippen MR) is 64.2 cm³/mol. The summed E-state index contributed by atoms with van der Waals surface area (Å²) in [7, 11) is 0. The lowest BCUT2D eigenvalue weighted by atomic mass is 10.1. The van der Waals surface area contributed by atoms with E-state index in [1.165, 1.54) is 0 Å². The number of carbonyl (C=O) groups is 1. The van der Waals surface area contributed by atoms with Gasteiger partial charge >= 0.3 is 5.97 Å². The van der Waals surface area contributed by atoms with Gasteiger partial charge in [-0.15, -0.1) is 11.6 Å². The van der Waals surface area contributed by atoms with Crippen molar-refractivity contribution >= 4 is 33.5 Å². The molecule has 0 amide bonds. The molecule has 0 spiro atoms. The van der Waals surface area contributed by atoms with Gasteiger partial charge in [0.15, 0.2) is 0 Å². The number of benzene rings is 1. The fourth-order valence-electron chi connectivity index (χ4n) is 1.27. The second-order valence-corrected chi connectivity index (χ2v) is 4.75. The zero-order valence-electron chi connectivity index (χ0n) is 8.12. The quantitative estimate of drug-likeness (QED) is 0.833. The van der Waals surface area contributed by atoms with Gasteiger partial charge in [0.2, 0.25) is 0 Å². The first-order valence-corrected chi connectivity index (χ1v) is 5.94. The fraction of sp³-hybridized carbons (Fsp3) is 0.364.